The summed E-state index contributed by atoms with van der Waals surface area (Å²) >= 11 is 0. The molecule has 0 spiro atoms. The molecule has 0 aromatic heterocycles. The molecule has 0 radical (unpaired) electrons. The van der Waals surface area contributed by atoms with Crippen molar-refractivity contribution < 1.29 is 19.1 Å². The highest BCUT2D eigenvalue weighted by Gasteiger charge is 2.22. The van der Waals surface area contributed by atoms with Gasteiger partial charge in [0.25, 0.3) is 5.91 Å². The molecule has 188 valence electrons. The van der Waals surface area contributed by atoms with Gasteiger partial charge in [0, 0.05) is 51.2 Å². The molecule has 8 nitrogen and oxygen atoms in total. The molecular weight excluding hydrogens is 420 g/mol. The number of benzene rings is 1. The summed E-state index contributed by atoms with van der Waals surface area (Å²) in [5, 5.41) is 5.91. The van der Waals surface area contributed by atoms with Gasteiger partial charge < -0.3 is 31.6 Å². The van der Waals surface area contributed by atoms with E-state index in [0.29, 0.717) is 50.5 Å². The third-order valence-corrected chi connectivity index (χ3v) is 5.62. The zero-order valence-corrected chi connectivity index (χ0v) is 20.8. The van der Waals surface area contributed by atoms with E-state index in [-0.39, 0.29) is 35.7 Å². The molecule has 1 aromatic rings. The number of carbonyl (C=O) groups excluding carboxylic acids is 2. The minimum atomic E-state index is -0.281. The van der Waals surface area contributed by atoms with Gasteiger partial charge in [0.15, 0.2) is 0 Å². The van der Waals surface area contributed by atoms with E-state index in [0.717, 1.165) is 19.3 Å². The van der Waals surface area contributed by atoms with Gasteiger partial charge in [-0.25, -0.2) is 0 Å². The maximum atomic E-state index is 12.7. The lowest BCUT2D eigenvalue weighted by Gasteiger charge is -2.25. The molecule has 6 N–H and O–H groups in total. The van der Waals surface area contributed by atoms with Gasteiger partial charge in [0.05, 0.1) is 12.2 Å². The minimum absolute atomic E-state index is 0.0227. The highest BCUT2D eigenvalue weighted by atomic mass is 16.5. The van der Waals surface area contributed by atoms with E-state index in [4.69, 9.17) is 20.9 Å². The molecule has 4 atom stereocenters. The summed E-state index contributed by atoms with van der Waals surface area (Å²) in [7, 11) is 1.65. The van der Waals surface area contributed by atoms with Crippen LogP contribution in [0.4, 0.5) is 0 Å². The van der Waals surface area contributed by atoms with Crippen molar-refractivity contribution in [3.05, 3.63) is 29.8 Å². The fourth-order valence-corrected chi connectivity index (χ4v) is 3.50. The van der Waals surface area contributed by atoms with Crippen LogP contribution in [-0.2, 0) is 9.53 Å². The second-order valence-corrected chi connectivity index (χ2v) is 8.85. The van der Waals surface area contributed by atoms with Crippen LogP contribution in [0, 0.1) is 11.8 Å². The molecule has 0 aliphatic rings. The van der Waals surface area contributed by atoms with Gasteiger partial charge in [0.2, 0.25) is 5.91 Å². The molecule has 2 amide bonds. The SMILES string of the molecule is CCCCNC(=O)[C@H](C)C[C@H](N)[C@@H](N)C[C@@H](C)CNC(=O)c1ccccc1OCCCOC. The molecule has 0 aliphatic heterocycles. The second kappa shape index (κ2) is 16.5. The first-order valence-electron chi connectivity index (χ1n) is 12.1. The lowest BCUT2D eigenvalue weighted by atomic mass is 9.91. The van der Waals surface area contributed by atoms with Crippen molar-refractivity contribution in [1.82, 2.24) is 10.6 Å². The summed E-state index contributed by atoms with van der Waals surface area (Å²) in [6, 6.07) is 6.67. The first kappa shape index (κ1) is 28.9. The molecule has 0 aliphatic carbocycles. The van der Waals surface area contributed by atoms with Gasteiger partial charge in [-0.1, -0.05) is 39.3 Å². The van der Waals surface area contributed by atoms with Crippen LogP contribution in [0.1, 0.15) is 63.2 Å². The smallest absolute Gasteiger partial charge is 0.255 e. The van der Waals surface area contributed by atoms with E-state index in [2.05, 4.69) is 17.6 Å². The van der Waals surface area contributed by atoms with Gasteiger partial charge in [-0.3, -0.25) is 9.59 Å². The van der Waals surface area contributed by atoms with Crippen LogP contribution in [0.25, 0.3) is 0 Å². The Bertz CT molecular complexity index is 701. The second-order valence-electron chi connectivity index (χ2n) is 8.85. The van der Waals surface area contributed by atoms with E-state index in [1.54, 1.807) is 19.2 Å². The first-order valence-corrected chi connectivity index (χ1v) is 12.1. The van der Waals surface area contributed by atoms with Gasteiger partial charge in [0.1, 0.15) is 5.75 Å². The Labute approximate surface area is 199 Å². The molecule has 33 heavy (non-hydrogen) atoms. The van der Waals surface area contributed by atoms with Crippen molar-refractivity contribution >= 4 is 11.8 Å². The Balaban J connectivity index is 2.45. The van der Waals surface area contributed by atoms with Crippen LogP contribution in [0.5, 0.6) is 5.75 Å². The summed E-state index contributed by atoms with van der Waals surface area (Å²) in [5.41, 5.74) is 13.1. The molecule has 1 aromatic carbocycles. The van der Waals surface area contributed by atoms with E-state index in [9.17, 15) is 9.59 Å². The number of ether oxygens (including phenoxy) is 2. The fourth-order valence-electron chi connectivity index (χ4n) is 3.50. The van der Waals surface area contributed by atoms with Crippen molar-refractivity contribution in [2.24, 2.45) is 23.3 Å². The molecular formula is C25H44N4O4. The zero-order valence-electron chi connectivity index (χ0n) is 20.8. The van der Waals surface area contributed by atoms with Crippen LogP contribution >= 0.6 is 0 Å². The Morgan fingerprint density at radius 1 is 1.00 bits per heavy atom. The van der Waals surface area contributed by atoms with Gasteiger partial charge >= 0.3 is 0 Å². The lowest BCUT2D eigenvalue weighted by Crippen LogP contribution is -2.46. The van der Waals surface area contributed by atoms with Crippen molar-refractivity contribution in [3.63, 3.8) is 0 Å². The number of nitrogens with two attached hydrogens (primary N) is 2. The highest BCUT2D eigenvalue weighted by Crippen LogP contribution is 2.18. The molecule has 0 bridgehead atoms. The normalized spacial score (nSPS) is 14.7. The summed E-state index contributed by atoms with van der Waals surface area (Å²) in [4.78, 5) is 24.9. The number of hydrogen-bond acceptors (Lipinski definition) is 6. The van der Waals surface area contributed by atoms with Crippen molar-refractivity contribution in [1.29, 1.82) is 0 Å². The highest BCUT2D eigenvalue weighted by molar-refractivity contribution is 5.96. The summed E-state index contributed by atoms with van der Waals surface area (Å²) < 4.78 is 10.8. The van der Waals surface area contributed by atoms with Crippen LogP contribution in [0.3, 0.4) is 0 Å². The molecule has 0 saturated heterocycles. The van der Waals surface area contributed by atoms with Crippen LogP contribution in [0.2, 0.25) is 0 Å². The lowest BCUT2D eigenvalue weighted by molar-refractivity contribution is -0.124. The maximum Gasteiger partial charge on any atom is 0.255 e. The quantitative estimate of drug-likeness (QED) is 0.262. The number of rotatable bonds is 17. The van der Waals surface area contributed by atoms with E-state index < -0.39 is 0 Å². The summed E-state index contributed by atoms with van der Waals surface area (Å²) in [5.74, 6) is 0.356. The summed E-state index contributed by atoms with van der Waals surface area (Å²) in [6.45, 7) is 8.26. The van der Waals surface area contributed by atoms with Crippen molar-refractivity contribution in [2.75, 3.05) is 33.4 Å². The predicted octanol–water partition coefficient (Wildman–Crippen LogP) is 2.46. The van der Waals surface area contributed by atoms with Crippen molar-refractivity contribution in [3.8, 4) is 5.75 Å². The number of nitrogens with one attached hydrogen (secondary N) is 2. The third-order valence-electron chi connectivity index (χ3n) is 5.62. The number of unbranched alkanes of at least 4 members (excludes halogenated alkanes) is 1. The Morgan fingerprint density at radius 3 is 2.39 bits per heavy atom. The van der Waals surface area contributed by atoms with Crippen LogP contribution in [-0.4, -0.2) is 57.3 Å². The molecule has 1 rings (SSSR count). The molecule has 0 saturated carbocycles. The van der Waals surface area contributed by atoms with E-state index in [1.165, 1.54) is 0 Å². The van der Waals surface area contributed by atoms with E-state index in [1.807, 2.05) is 26.0 Å². The number of amides is 2. The Kier molecular flexibility index (Phi) is 14.4. The van der Waals surface area contributed by atoms with Crippen LogP contribution < -0.4 is 26.8 Å². The standard InChI is InChI=1S/C25H44N4O4/c1-5-6-12-28-24(30)19(3)16-22(27)21(26)15-18(2)17-29-25(31)20-10-7-8-11-23(20)33-14-9-13-32-4/h7-8,10-11,18-19,21-22H,5-6,9,12-17,26-27H2,1-4H3,(H,28,30)(H,29,31)/t18-,19-,21+,22+/m1/s1. The first-order chi connectivity index (χ1) is 15.8. The summed E-state index contributed by atoms with van der Waals surface area (Å²) in [6.07, 6.45) is 3.95. The van der Waals surface area contributed by atoms with E-state index >= 15 is 0 Å². The predicted molar refractivity (Wildman–Crippen MR) is 132 cm³/mol. The number of para-hydroxylation sites is 1. The Morgan fingerprint density at radius 2 is 1.70 bits per heavy atom. The van der Waals surface area contributed by atoms with Crippen molar-refractivity contribution in [2.45, 2.75) is 65.0 Å². The van der Waals surface area contributed by atoms with Gasteiger partial charge in [-0.05, 0) is 37.3 Å². The zero-order chi connectivity index (χ0) is 24.6. The maximum absolute atomic E-state index is 12.7. The average molecular weight is 465 g/mol. The molecule has 0 fully saturated rings. The minimum Gasteiger partial charge on any atom is -0.493 e. The fraction of sp³-hybridized carbons (Fsp3) is 0.680. The number of carbonyl (C=O) groups is 2. The molecule has 0 heterocycles. The van der Waals surface area contributed by atoms with Crippen LogP contribution in [0.15, 0.2) is 24.3 Å². The largest absolute Gasteiger partial charge is 0.493 e. The topological polar surface area (TPSA) is 129 Å². The molecule has 0 unspecified atom stereocenters. The third kappa shape index (κ3) is 11.5. The monoisotopic (exact) mass is 464 g/mol. The average Bonchev–Trinajstić information content (AvgIpc) is 2.80. The number of methoxy groups -OCH3 is 1. The van der Waals surface area contributed by atoms with Gasteiger partial charge in [-0.2, -0.15) is 0 Å². The molecule has 8 heteroatoms. The Hall–Kier alpha value is -2.16. The number of hydrogen-bond donors (Lipinski definition) is 4. The van der Waals surface area contributed by atoms with Gasteiger partial charge in [-0.15, -0.1) is 0 Å².